The third-order valence-corrected chi connectivity index (χ3v) is 8.13. The first kappa shape index (κ1) is 19.1. The lowest BCUT2D eigenvalue weighted by molar-refractivity contribution is -0.144. The Hall–Kier alpha value is -1.88. The maximum absolute atomic E-state index is 13.2. The molecule has 4 aliphatic rings. The van der Waals surface area contributed by atoms with Gasteiger partial charge >= 0.3 is 0 Å². The van der Waals surface area contributed by atoms with E-state index in [-0.39, 0.29) is 21.2 Å². The summed E-state index contributed by atoms with van der Waals surface area (Å²) in [7, 11) is 0. The van der Waals surface area contributed by atoms with Crippen LogP contribution in [-0.2, 0) is 17.9 Å². The Bertz CT molecular complexity index is 967. The molecule has 2 aromatic rings. The topological polar surface area (TPSA) is 51.1 Å². The molecule has 1 heterocycles. The van der Waals surface area contributed by atoms with Gasteiger partial charge in [-0.05, 0) is 67.6 Å². The summed E-state index contributed by atoms with van der Waals surface area (Å²) < 4.78 is 1.89. The first-order valence-electron chi connectivity index (χ1n) is 10.6. The van der Waals surface area contributed by atoms with Gasteiger partial charge in [-0.3, -0.25) is 9.59 Å². The number of nitrogens with zero attached hydrogens (tertiary/aromatic N) is 1. The molecule has 29 heavy (non-hydrogen) atoms. The fourth-order valence-corrected chi connectivity index (χ4v) is 7.79. The highest BCUT2D eigenvalue weighted by molar-refractivity contribution is 9.10. The van der Waals surface area contributed by atoms with Gasteiger partial charge in [0.15, 0.2) is 0 Å². The molecule has 4 nitrogen and oxygen atoms in total. The van der Waals surface area contributed by atoms with Crippen LogP contribution < -0.4 is 10.9 Å². The number of halogens is 1. The van der Waals surface area contributed by atoms with Crippen molar-refractivity contribution in [3.8, 4) is 0 Å². The van der Waals surface area contributed by atoms with Gasteiger partial charge in [-0.25, -0.2) is 0 Å². The molecule has 6 rings (SSSR count). The zero-order chi connectivity index (χ0) is 20.1. The van der Waals surface area contributed by atoms with E-state index in [1.165, 1.54) is 19.3 Å². The lowest BCUT2D eigenvalue weighted by atomic mass is 9.49. The van der Waals surface area contributed by atoms with Crippen molar-refractivity contribution in [3.05, 3.63) is 70.1 Å². The molecule has 0 saturated heterocycles. The van der Waals surface area contributed by atoms with Crippen LogP contribution in [0.15, 0.2) is 53.5 Å². The second kappa shape index (κ2) is 7.12. The summed E-state index contributed by atoms with van der Waals surface area (Å²) in [6.07, 6.45) is 8.71. The van der Waals surface area contributed by atoms with Crippen LogP contribution >= 0.6 is 15.9 Å². The standard InChI is InChI=1S/C24H27BrN2O2/c25-24-12-19-9-20(13-24)11-23(10-19,16-24)22(29)26-14-17-4-6-18(7-5-17)15-27-8-2-1-3-21(27)28/h1-8,19-20H,9-16H2,(H,26,29). The van der Waals surface area contributed by atoms with E-state index in [0.29, 0.717) is 24.9 Å². The van der Waals surface area contributed by atoms with Crippen LogP contribution in [0.5, 0.6) is 0 Å². The van der Waals surface area contributed by atoms with Crippen molar-refractivity contribution in [2.45, 2.75) is 55.9 Å². The highest BCUT2D eigenvalue weighted by atomic mass is 79.9. The van der Waals surface area contributed by atoms with Crippen LogP contribution in [0, 0.1) is 17.3 Å². The highest BCUT2D eigenvalue weighted by Crippen LogP contribution is 2.64. The predicted octanol–water partition coefficient (Wildman–Crippen LogP) is 4.25. The van der Waals surface area contributed by atoms with E-state index in [9.17, 15) is 9.59 Å². The lowest BCUT2D eigenvalue weighted by Gasteiger charge is -2.59. The average Bonchev–Trinajstić information content (AvgIpc) is 2.67. The van der Waals surface area contributed by atoms with E-state index in [1.54, 1.807) is 22.9 Å². The zero-order valence-electron chi connectivity index (χ0n) is 16.6. The summed E-state index contributed by atoms with van der Waals surface area (Å²) in [5.74, 6) is 1.67. The van der Waals surface area contributed by atoms with E-state index in [1.807, 2.05) is 18.2 Å². The lowest BCUT2D eigenvalue weighted by Crippen LogP contribution is -2.58. The number of benzene rings is 1. The Kier molecular flexibility index (Phi) is 4.69. The van der Waals surface area contributed by atoms with Gasteiger partial charge in [-0.1, -0.05) is 46.3 Å². The number of nitrogens with one attached hydrogen (secondary N) is 1. The van der Waals surface area contributed by atoms with Gasteiger partial charge in [0, 0.05) is 23.1 Å². The number of aromatic nitrogens is 1. The minimum Gasteiger partial charge on any atom is -0.352 e. The number of hydrogen-bond donors (Lipinski definition) is 1. The van der Waals surface area contributed by atoms with E-state index in [2.05, 4.69) is 33.4 Å². The maximum atomic E-state index is 13.2. The second-order valence-electron chi connectivity index (χ2n) is 9.56. The number of alkyl halides is 1. The Balaban J connectivity index is 1.22. The third kappa shape index (κ3) is 3.70. The van der Waals surface area contributed by atoms with E-state index >= 15 is 0 Å². The molecule has 152 valence electrons. The molecule has 4 saturated carbocycles. The van der Waals surface area contributed by atoms with Crippen molar-refractivity contribution in [1.29, 1.82) is 0 Å². The number of carbonyl (C=O) groups is 1. The highest BCUT2D eigenvalue weighted by Gasteiger charge is 2.59. The van der Waals surface area contributed by atoms with E-state index in [4.69, 9.17) is 0 Å². The molecule has 2 unspecified atom stereocenters. The maximum Gasteiger partial charge on any atom is 0.250 e. The Morgan fingerprint density at radius 3 is 2.38 bits per heavy atom. The van der Waals surface area contributed by atoms with E-state index < -0.39 is 0 Å². The molecule has 4 fully saturated rings. The monoisotopic (exact) mass is 454 g/mol. The first-order valence-corrected chi connectivity index (χ1v) is 11.4. The molecule has 1 N–H and O–H groups in total. The van der Waals surface area contributed by atoms with Crippen molar-refractivity contribution in [3.63, 3.8) is 0 Å². The Morgan fingerprint density at radius 2 is 1.72 bits per heavy atom. The fraction of sp³-hybridized carbons (Fsp3) is 0.500. The molecule has 1 amide bonds. The van der Waals surface area contributed by atoms with Gasteiger partial charge in [0.2, 0.25) is 5.91 Å². The molecule has 0 spiro atoms. The van der Waals surface area contributed by atoms with Crippen LogP contribution in [0.25, 0.3) is 0 Å². The van der Waals surface area contributed by atoms with Gasteiger partial charge in [0.25, 0.3) is 5.56 Å². The SMILES string of the molecule is O=C(NCc1ccc(Cn2ccccc2=O)cc1)C12CC3CC(CC(Br)(C3)C1)C2. The summed E-state index contributed by atoms with van der Waals surface area (Å²) in [5, 5.41) is 3.24. The van der Waals surface area contributed by atoms with Crippen LogP contribution in [-0.4, -0.2) is 14.8 Å². The number of pyridine rings is 1. The zero-order valence-corrected chi connectivity index (χ0v) is 18.2. The van der Waals surface area contributed by atoms with E-state index in [0.717, 1.165) is 30.4 Å². The molecule has 1 aromatic heterocycles. The van der Waals surface area contributed by atoms with Crippen molar-refractivity contribution >= 4 is 21.8 Å². The Labute approximate surface area is 179 Å². The third-order valence-electron chi connectivity index (χ3n) is 7.20. The largest absolute Gasteiger partial charge is 0.352 e. The normalized spacial score (nSPS) is 32.3. The van der Waals surface area contributed by atoms with Crippen molar-refractivity contribution in [2.75, 3.05) is 0 Å². The molecule has 2 atom stereocenters. The fourth-order valence-electron chi connectivity index (χ4n) is 6.34. The molecule has 1 aromatic carbocycles. The number of hydrogen-bond acceptors (Lipinski definition) is 2. The van der Waals surface area contributed by atoms with Gasteiger partial charge in [0.1, 0.15) is 0 Å². The first-order chi connectivity index (χ1) is 13.9. The molecule has 4 bridgehead atoms. The van der Waals surface area contributed by atoms with Crippen molar-refractivity contribution in [1.82, 2.24) is 9.88 Å². The number of amides is 1. The van der Waals surface area contributed by atoms with Crippen LogP contribution in [0.4, 0.5) is 0 Å². The van der Waals surface area contributed by atoms with Crippen LogP contribution in [0.1, 0.15) is 49.7 Å². The number of carbonyl (C=O) groups excluding carboxylic acids is 1. The molecule has 4 aliphatic carbocycles. The van der Waals surface area contributed by atoms with Gasteiger partial charge in [0.05, 0.1) is 12.0 Å². The predicted molar refractivity (Wildman–Crippen MR) is 117 cm³/mol. The molecular formula is C24H27BrN2O2. The molecular weight excluding hydrogens is 428 g/mol. The van der Waals surface area contributed by atoms with Crippen LogP contribution in [0.2, 0.25) is 0 Å². The Morgan fingerprint density at radius 1 is 1.03 bits per heavy atom. The average molecular weight is 455 g/mol. The van der Waals surface area contributed by atoms with Crippen LogP contribution in [0.3, 0.4) is 0 Å². The molecule has 0 aliphatic heterocycles. The van der Waals surface area contributed by atoms with Gasteiger partial charge in [-0.15, -0.1) is 0 Å². The van der Waals surface area contributed by atoms with Gasteiger partial charge in [-0.2, -0.15) is 0 Å². The minimum atomic E-state index is -0.165. The second-order valence-corrected chi connectivity index (χ2v) is 11.2. The summed E-state index contributed by atoms with van der Waals surface area (Å²) in [6, 6.07) is 13.4. The number of rotatable bonds is 5. The molecule has 5 heteroatoms. The summed E-state index contributed by atoms with van der Waals surface area (Å²) in [6.45, 7) is 1.13. The van der Waals surface area contributed by atoms with Gasteiger partial charge < -0.3 is 9.88 Å². The van der Waals surface area contributed by atoms with Crippen molar-refractivity contribution in [2.24, 2.45) is 17.3 Å². The van der Waals surface area contributed by atoms with Crippen molar-refractivity contribution < 1.29 is 4.79 Å². The summed E-state index contributed by atoms with van der Waals surface area (Å²) in [4.78, 5) is 25.1. The quantitative estimate of drug-likeness (QED) is 0.686. The summed E-state index contributed by atoms with van der Waals surface area (Å²) in [5.41, 5.74) is 2.02. The smallest absolute Gasteiger partial charge is 0.250 e. The minimum absolute atomic E-state index is 0.00368. The molecule has 0 radical (unpaired) electrons. The summed E-state index contributed by atoms with van der Waals surface area (Å²) >= 11 is 3.99.